The fraction of sp³-hybridized carbons (Fsp3) is 0.375. The second-order valence-corrected chi connectivity index (χ2v) is 7.98. The molecule has 1 saturated heterocycles. The SMILES string of the molecule is COCCN1C(=O)C(=O)C(=C([O-])c2ccc(OCC(C)C)cc2C)C1c1cc[nH+]cc1. The Labute approximate surface area is 182 Å². The summed E-state index contributed by atoms with van der Waals surface area (Å²) in [5.41, 5.74) is 1.72. The number of nitrogens with one attached hydrogen (secondary N) is 1. The lowest BCUT2D eigenvalue weighted by atomic mass is 9.94. The molecule has 1 fully saturated rings. The summed E-state index contributed by atoms with van der Waals surface area (Å²) in [6, 6.07) is 7.94. The zero-order valence-electron chi connectivity index (χ0n) is 18.3. The van der Waals surface area contributed by atoms with Crippen molar-refractivity contribution in [1.82, 2.24) is 4.90 Å². The molecule has 164 valence electrons. The molecule has 7 nitrogen and oxygen atoms in total. The number of benzene rings is 1. The van der Waals surface area contributed by atoms with Crippen LogP contribution in [0.5, 0.6) is 5.75 Å². The maximum atomic E-state index is 13.5. The van der Waals surface area contributed by atoms with E-state index in [4.69, 9.17) is 9.47 Å². The molecule has 7 heteroatoms. The summed E-state index contributed by atoms with van der Waals surface area (Å²) in [5.74, 6) is -0.852. The normalized spacial score (nSPS) is 18.1. The number of ketones is 1. The third-order valence-corrected chi connectivity index (χ3v) is 5.15. The first-order valence-corrected chi connectivity index (χ1v) is 10.3. The van der Waals surface area contributed by atoms with E-state index in [1.165, 1.54) is 12.0 Å². The number of aromatic nitrogens is 1. The Kier molecular flexibility index (Phi) is 7.07. The molecule has 31 heavy (non-hydrogen) atoms. The van der Waals surface area contributed by atoms with Crippen LogP contribution in [0.25, 0.3) is 5.76 Å². The molecule has 1 amide bonds. The number of Topliss-reactive ketones (excluding diaryl/α,β-unsaturated/α-hetero) is 1. The van der Waals surface area contributed by atoms with Gasteiger partial charge in [0.1, 0.15) is 5.75 Å². The van der Waals surface area contributed by atoms with Crippen LogP contribution in [0, 0.1) is 12.8 Å². The minimum Gasteiger partial charge on any atom is -0.872 e. The number of hydrogen-bond acceptors (Lipinski definition) is 5. The van der Waals surface area contributed by atoms with Crippen molar-refractivity contribution in [3.63, 3.8) is 0 Å². The average molecular weight is 424 g/mol. The minimum atomic E-state index is -0.765. The Morgan fingerprint density at radius 3 is 2.52 bits per heavy atom. The van der Waals surface area contributed by atoms with Crippen molar-refractivity contribution in [2.24, 2.45) is 5.92 Å². The van der Waals surface area contributed by atoms with E-state index < -0.39 is 23.5 Å². The van der Waals surface area contributed by atoms with Crippen LogP contribution in [0.2, 0.25) is 0 Å². The summed E-state index contributed by atoms with van der Waals surface area (Å²) in [6.07, 6.45) is 3.40. The van der Waals surface area contributed by atoms with Gasteiger partial charge < -0.3 is 19.5 Å². The van der Waals surface area contributed by atoms with Crippen LogP contribution in [-0.4, -0.2) is 43.5 Å². The lowest BCUT2D eigenvalue weighted by molar-refractivity contribution is -0.378. The van der Waals surface area contributed by atoms with Crippen LogP contribution in [0.3, 0.4) is 0 Å². The van der Waals surface area contributed by atoms with Crippen LogP contribution in [-0.2, 0) is 14.3 Å². The highest BCUT2D eigenvalue weighted by Gasteiger charge is 2.44. The lowest BCUT2D eigenvalue weighted by Crippen LogP contribution is -2.32. The number of aromatic amines is 1. The average Bonchev–Trinajstić information content (AvgIpc) is 3.01. The fourth-order valence-corrected chi connectivity index (χ4v) is 3.61. The molecule has 3 rings (SSSR count). The highest BCUT2D eigenvalue weighted by atomic mass is 16.5. The molecule has 0 saturated carbocycles. The predicted molar refractivity (Wildman–Crippen MR) is 113 cm³/mol. The molecule has 0 radical (unpaired) electrons. The molecule has 0 spiro atoms. The molecule has 1 unspecified atom stereocenters. The van der Waals surface area contributed by atoms with Gasteiger partial charge in [0, 0.05) is 31.4 Å². The number of pyridine rings is 1. The predicted octanol–water partition coefficient (Wildman–Crippen LogP) is 1.71. The van der Waals surface area contributed by atoms with Crippen molar-refractivity contribution in [1.29, 1.82) is 0 Å². The number of amides is 1. The first-order valence-electron chi connectivity index (χ1n) is 10.3. The summed E-state index contributed by atoms with van der Waals surface area (Å²) < 4.78 is 10.8. The van der Waals surface area contributed by atoms with Gasteiger partial charge in [0.15, 0.2) is 12.4 Å². The van der Waals surface area contributed by atoms with Crippen molar-refractivity contribution in [3.05, 3.63) is 65.0 Å². The number of ether oxygens (including phenoxy) is 2. The molecular formula is C24H28N2O5. The van der Waals surface area contributed by atoms with Gasteiger partial charge in [-0.1, -0.05) is 25.7 Å². The molecule has 0 bridgehead atoms. The van der Waals surface area contributed by atoms with E-state index in [9.17, 15) is 14.7 Å². The van der Waals surface area contributed by atoms with E-state index in [-0.39, 0.29) is 18.7 Å². The van der Waals surface area contributed by atoms with E-state index in [0.29, 0.717) is 35.0 Å². The summed E-state index contributed by atoms with van der Waals surface area (Å²) in [6.45, 7) is 6.95. The molecule has 0 aliphatic carbocycles. The molecular weight excluding hydrogens is 396 g/mol. The van der Waals surface area contributed by atoms with Gasteiger partial charge in [-0.25, -0.2) is 4.98 Å². The Morgan fingerprint density at radius 1 is 1.19 bits per heavy atom. The first-order chi connectivity index (χ1) is 14.8. The zero-order chi connectivity index (χ0) is 22.5. The van der Waals surface area contributed by atoms with Gasteiger partial charge in [0.05, 0.1) is 19.3 Å². The standard InChI is InChI=1S/C24H28N2O5/c1-15(2)14-31-18-5-6-19(16(3)13-18)22(27)20-21(17-7-9-25-10-8-17)26(11-12-30-4)24(29)23(20)28/h5-10,13,15,21,27H,11-12,14H2,1-4H3. The van der Waals surface area contributed by atoms with E-state index in [0.717, 1.165) is 0 Å². The van der Waals surface area contributed by atoms with Crippen LogP contribution >= 0.6 is 0 Å². The van der Waals surface area contributed by atoms with Crippen molar-refractivity contribution in [2.75, 3.05) is 26.9 Å². The number of aryl methyl sites for hydroxylation is 1. The van der Waals surface area contributed by atoms with E-state index in [1.807, 2.05) is 0 Å². The van der Waals surface area contributed by atoms with Crippen molar-refractivity contribution in [2.45, 2.75) is 26.8 Å². The highest BCUT2D eigenvalue weighted by molar-refractivity contribution is 6.46. The monoisotopic (exact) mass is 424 g/mol. The number of likely N-dealkylation sites (tertiary alicyclic amines) is 1. The Balaban J connectivity index is 2.06. The molecule has 1 atom stereocenters. The van der Waals surface area contributed by atoms with Gasteiger partial charge in [-0.05, 0) is 41.7 Å². The molecule has 1 aromatic heterocycles. The molecule has 2 heterocycles. The largest absolute Gasteiger partial charge is 0.872 e. The summed E-state index contributed by atoms with van der Waals surface area (Å²) in [4.78, 5) is 30.0. The number of carbonyl (C=O) groups excluding carboxylic acids is 2. The first kappa shape index (κ1) is 22.5. The van der Waals surface area contributed by atoms with Gasteiger partial charge in [0.2, 0.25) is 5.78 Å². The van der Waals surface area contributed by atoms with Gasteiger partial charge in [0.25, 0.3) is 5.91 Å². The highest BCUT2D eigenvalue weighted by Crippen LogP contribution is 2.38. The van der Waals surface area contributed by atoms with Crippen molar-refractivity contribution in [3.8, 4) is 5.75 Å². The summed E-state index contributed by atoms with van der Waals surface area (Å²) in [7, 11) is 1.52. The van der Waals surface area contributed by atoms with E-state index >= 15 is 0 Å². The van der Waals surface area contributed by atoms with Gasteiger partial charge >= 0.3 is 0 Å². The minimum absolute atomic E-state index is 0.0359. The Morgan fingerprint density at radius 2 is 1.90 bits per heavy atom. The molecule has 1 aromatic carbocycles. The number of rotatable bonds is 8. The molecule has 1 aliphatic rings. The van der Waals surface area contributed by atoms with Crippen LogP contribution in [0.4, 0.5) is 0 Å². The van der Waals surface area contributed by atoms with E-state index in [1.54, 1.807) is 49.6 Å². The van der Waals surface area contributed by atoms with Crippen molar-refractivity contribution < 1.29 is 29.2 Å². The van der Waals surface area contributed by atoms with E-state index in [2.05, 4.69) is 18.8 Å². The second-order valence-electron chi connectivity index (χ2n) is 7.98. The van der Waals surface area contributed by atoms with Gasteiger partial charge in [-0.15, -0.1) is 0 Å². The number of nitrogens with zero attached hydrogens (tertiary/aromatic N) is 1. The fourth-order valence-electron chi connectivity index (χ4n) is 3.61. The summed E-state index contributed by atoms with van der Waals surface area (Å²) >= 11 is 0. The van der Waals surface area contributed by atoms with Gasteiger partial charge in [-0.3, -0.25) is 9.59 Å². The molecule has 1 aliphatic heterocycles. The quantitative estimate of drug-likeness (QED) is 0.365. The number of hydrogen-bond donors (Lipinski definition) is 0. The number of methoxy groups -OCH3 is 1. The smallest absolute Gasteiger partial charge is 0.295 e. The third-order valence-electron chi connectivity index (χ3n) is 5.15. The number of carbonyl (C=O) groups is 2. The molecule has 1 N–H and O–H groups in total. The third kappa shape index (κ3) is 4.77. The lowest BCUT2D eigenvalue weighted by Gasteiger charge is -2.27. The van der Waals surface area contributed by atoms with Crippen LogP contribution in [0.15, 0.2) is 48.3 Å². The molecule has 2 aromatic rings. The van der Waals surface area contributed by atoms with Crippen LogP contribution < -0.4 is 14.8 Å². The topological polar surface area (TPSA) is 93.0 Å². The number of H-pyrrole nitrogens is 1. The van der Waals surface area contributed by atoms with Gasteiger partial charge in [-0.2, -0.15) is 0 Å². The van der Waals surface area contributed by atoms with Crippen molar-refractivity contribution >= 4 is 17.4 Å². The maximum Gasteiger partial charge on any atom is 0.295 e. The van der Waals surface area contributed by atoms with Crippen LogP contribution in [0.1, 0.15) is 36.6 Å². The Bertz CT molecular complexity index is 985. The Hall–Kier alpha value is -3.19. The summed E-state index contributed by atoms with van der Waals surface area (Å²) in [5, 5.41) is 13.5. The zero-order valence-corrected chi connectivity index (χ0v) is 18.3. The second kappa shape index (κ2) is 9.75. The maximum absolute atomic E-state index is 13.5.